The van der Waals surface area contributed by atoms with Gasteiger partial charge in [-0.25, -0.2) is 0 Å². The Morgan fingerprint density at radius 3 is 2.64 bits per heavy atom. The lowest BCUT2D eigenvalue weighted by Gasteiger charge is -2.03. The second-order valence-electron chi connectivity index (χ2n) is 2.62. The Morgan fingerprint density at radius 1 is 1.55 bits per heavy atom. The normalized spacial score (nSPS) is 10.9. The van der Waals surface area contributed by atoms with Gasteiger partial charge in [-0.2, -0.15) is 0 Å². The lowest BCUT2D eigenvalue weighted by molar-refractivity contribution is -0.116. The molecule has 0 saturated heterocycles. The van der Waals surface area contributed by atoms with Crippen LogP contribution in [-0.4, -0.2) is 25.5 Å². The molecule has 2 N–H and O–H groups in total. The molecule has 0 unspecified atom stereocenters. The van der Waals surface area contributed by atoms with Crippen LogP contribution in [0.2, 0.25) is 0 Å². The highest BCUT2D eigenvalue weighted by molar-refractivity contribution is 5.87. The van der Waals surface area contributed by atoms with Crippen molar-refractivity contribution in [3.63, 3.8) is 0 Å². The second kappa shape index (κ2) is 5.92. The summed E-state index contributed by atoms with van der Waals surface area (Å²) in [5, 5.41) is 5.66. The number of carbonyl (C=O) groups is 1. The molecular formula is C8H16N2O. The van der Waals surface area contributed by atoms with Gasteiger partial charge >= 0.3 is 0 Å². The van der Waals surface area contributed by atoms with E-state index < -0.39 is 0 Å². The summed E-state index contributed by atoms with van der Waals surface area (Å²) in [4.78, 5) is 10.9. The zero-order chi connectivity index (χ0) is 8.69. The van der Waals surface area contributed by atoms with Gasteiger partial charge in [0.25, 0.3) is 0 Å². The lowest BCUT2D eigenvalue weighted by atomic mass is 10.3. The van der Waals surface area contributed by atoms with E-state index in [0.717, 1.165) is 6.54 Å². The zero-order valence-electron chi connectivity index (χ0n) is 7.35. The first kappa shape index (κ1) is 10.2. The summed E-state index contributed by atoms with van der Waals surface area (Å²) < 4.78 is 0. The van der Waals surface area contributed by atoms with Crippen LogP contribution in [0.25, 0.3) is 0 Å². The van der Waals surface area contributed by atoms with Crippen LogP contribution in [0, 0.1) is 0 Å². The third-order valence-electron chi connectivity index (χ3n) is 1.02. The zero-order valence-corrected chi connectivity index (χ0v) is 7.35. The van der Waals surface area contributed by atoms with Crippen molar-refractivity contribution in [1.29, 1.82) is 0 Å². The van der Waals surface area contributed by atoms with Crippen LogP contribution >= 0.6 is 0 Å². The van der Waals surface area contributed by atoms with Gasteiger partial charge in [0.2, 0.25) is 5.91 Å². The first-order valence-electron chi connectivity index (χ1n) is 3.78. The summed E-state index contributed by atoms with van der Waals surface area (Å²) in [6.07, 6.45) is 3.33. The maximum atomic E-state index is 10.9. The van der Waals surface area contributed by atoms with Crippen molar-refractivity contribution < 1.29 is 4.79 Å². The van der Waals surface area contributed by atoms with Crippen LogP contribution in [0.4, 0.5) is 0 Å². The number of amides is 1. The molecule has 0 aliphatic carbocycles. The van der Waals surface area contributed by atoms with Gasteiger partial charge in [0.1, 0.15) is 0 Å². The second-order valence-corrected chi connectivity index (χ2v) is 2.62. The van der Waals surface area contributed by atoms with Crippen molar-refractivity contribution in [3.8, 4) is 0 Å². The van der Waals surface area contributed by atoms with Gasteiger partial charge in [-0.05, 0) is 20.9 Å². The van der Waals surface area contributed by atoms with E-state index in [9.17, 15) is 4.79 Å². The van der Waals surface area contributed by atoms with Gasteiger partial charge in [0.15, 0.2) is 0 Å². The van der Waals surface area contributed by atoms with Crippen LogP contribution in [0.1, 0.15) is 13.8 Å². The third kappa shape index (κ3) is 7.06. The lowest BCUT2D eigenvalue weighted by Crippen LogP contribution is -2.28. The van der Waals surface area contributed by atoms with Crippen molar-refractivity contribution in [2.45, 2.75) is 19.9 Å². The molecule has 1 amide bonds. The maximum absolute atomic E-state index is 10.9. The molecule has 64 valence electrons. The Labute approximate surface area is 67.9 Å². The summed E-state index contributed by atoms with van der Waals surface area (Å²) in [5.41, 5.74) is 0. The van der Waals surface area contributed by atoms with Crippen molar-refractivity contribution in [2.24, 2.45) is 0 Å². The van der Waals surface area contributed by atoms with Crippen molar-refractivity contribution in [3.05, 3.63) is 12.2 Å². The molecule has 0 saturated carbocycles. The molecular weight excluding hydrogens is 140 g/mol. The van der Waals surface area contributed by atoms with Gasteiger partial charge < -0.3 is 10.6 Å². The van der Waals surface area contributed by atoms with Crippen LogP contribution in [0.5, 0.6) is 0 Å². The Kier molecular flexibility index (Phi) is 5.47. The van der Waals surface area contributed by atoms with Crippen molar-refractivity contribution >= 4 is 5.91 Å². The van der Waals surface area contributed by atoms with Crippen LogP contribution < -0.4 is 10.6 Å². The molecule has 11 heavy (non-hydrogen) atoms. The summed E-state index contributed by atoms with van der Waals surface area (Å²) in [6.45, 7) is 4.60. The Morgan fingerprint density at radius 2 is 2.18 bits per heavy atom. The maximum Gasteiger partial charge on any atom is 0.243 e. The van der Waals surface area contributed by atoms with Gasteiger partial charge in [-0.1, -0.05) is 6.08 Å². The average Bonchev–Trinajstić information content (AvgIpc) is 1.86. The summed E-state index contributed by atoms with van der Waals surface area (Å²) >= 11 is 0. The molecule has 0 aromatic carbocycles. The highest BCUT2D eigenvalue weighted by Crippen LogP contribution is 1.78. The van der Waals surface area contributed by atoms with Gasteiger partial charge in [0, 0.05) is 18.7 Å². The van der Waals surface area contributed by atoms with E-state index in [1.54, 1.807) is 6.08 Å². The highest BCUT2D eigenvalue weighted by atomic mass is 16.1. The van der Waals surface area contributed by atoms with E-state index in [-0.39, 0.29) is 11.9 Å². The van der Waals surface area contributed by atoms with Gasteiger partial charge in [-0.15, -0.1) is 0 Å². The molecule has 0 radical (unpaired) electrons. The number of hydrogen-bond donors (Lipinski definition) is 2. The van der Waals surface area contributed by atoms with E-state index >= 15 is 0 Å². The first-order chi connectivity index (χ1) is 5.16. The minimum atomic E-state index is -0.0322. The van der Waals surface area contributed by atoms with E-state index in [1.807, 2.05) is 20.9 Å². The quantitative estimate of drug-likeness (QED) is 0.574. The minimum Gasteiger partial charge on any atom is -0.350 e. The predicted molar refractivity (Wildman–Crippen MR) is 46.3 cm³/mol. The molecule has 0 aromatic rings. The first-order valence-corrected chi connectivity index (χ1v) is 3.78. The fraction of sp³-hybridized carbons (Fsp3) is 0.625. The smallest absolute Gasteiger partial charge is 0.243 e. The average molecular weight is 156 g/mol. The largest absolute Gasteiger partial charge is 0.350 e. The topological polar surface area (TPSA) is 41.1 Å². The predicted octanol–water partition coefficient (Wildman–Crippen LogP) is 0.287. The van der Waals surface area contributed by atoms with Crippen LogP contribution in [0.15, 0.2) is 12.2 Å². The number of likely N-dealkylation sites (N-methyl/N-ethyl adjacent to an activating group) is 1. The monoisotopic (exact) mass is 156 g/mol. The van der Waals surface area contributed by atoms with E-state index in [2.05, 4.69) is 10.6 Å². The number of rotatable bonds is 4. The number of nitrogens with one attached hydrogen (secondary N) is 2. The third-order valence-corrected chi connectivity index (χ3v) is 1.02. The molecule has 0 rings (SSSR count). The minimum absolute atomic E-state index is 0.0322. The van der Waals surface area contributed by atoms with E-state index in [4.69, 9.17) is 0 Å². The highest BCUT2D eigenvalue weighted by Gasteiger charge is 1.95. The molecule has 0 aromatic heterocycles. The van der Waals surface area contributed by atoms with Crippen molar-refractivity contribution in [1.82, 2.24) is 10.6 Å². The van der Waals surface area contributed by atoms with Gasteiger partial charge in [0.05, 0.1) is 0 Å². The van der Waals surface area contributed by atoms with Crippen molar-refractivity contribution in [2.75, 3.05) is 13.6 Å². The number of hydrogen-bond acceptors (Lipinski definition) is 2. The molecule has 0 aliphatic rings. The van der Waals surface area contributed by atoms with Crippen LogP contribution in [-0.2, 0) is 4.79 Å². The SMILES string of the molecule is CNC/C=C\C(=O)NC(C)C. The Balaban J connectivity index is 3.51. The molecule has 0 fully saturated rings. The molecule has 0 aliphatic heterocycles. The molecule has 0 bridgehead atoms. The Bertz CT molecular complexity index is 141. The van der Waals surface area contributed by atoms with E-state index in [1.165, 1.54) is 6.08 Å². The Hall–Kier alpha value is -0.830. The molecule has 0 spiro atoms. The van der Waals surface area contributed by atoms with Crippen LogP contribution in [0.3, 0.4) is 0 Å². The molecule has 3 nitrogen and oxygen atoms in total. The standard InChI is InChI=1S/C8H16N2O/c1-7(2)10-8(11)5-4-6-9-3/h4-5,7,9H,6H2,1-3H3,(H,10,11)/b5-4-. The fourth-order valence-electron chi connectivity index (χ4n) is 0.616. The summed E-state index contributed by atoms with van der Waals surface area (Å²) in [5.74, 6) is -0.0322. The molecule has 0 heterocycles. The summed E-state index contributed by atoms with van der Waals surface area (Å²) in [6, 6.07) is 0.210. The number of carbonyl (C=O) groups excluding carboxylic acids is 1. The van der Waals surface area contributed by atoms with Gasteiger partial charge in [-0.3, -0.25) is 4.79 Å². The molecule has 0 atom stereocenters. The fourth-order valence-corrected chi connectivity index (χ4v) is 0.616. The summed E-state index contributed by atoms with van der Waals surface area (Å²) in [7, 11) is 1.84. The molecule has 3 heteroatoms. The van der Waals surface area contributed by atoms with E-state index in [0.29, 0.717) is 0 Å².